The lowest BCUT2D eigenvalue weighted by atomic mass is 9.34. The average Bonchev–Trinajstić information content (AvgIpc) is 3.94. The Kier molecular flexibility index (Phi) is 9.10. The molecule has 346 valence electrons. The first-order valence-corrected chi connectivity index (χ1v) is 28.2. The van der Waals surface area contributed by atoms with Crippen molar-refractivity contribution in [3.05, 3.63) is 210 Å². The van der Waals surface area contributed by atoms with Crippen molar-refractivity contribution < 1.29 is 0 Å². The highest BCUT2D eigenvalue weighted by Crippen LogP contribution is 2.53. The highest BCUT2D eigenvalue weighted by molar-refractivity contribution is 14.1. The van der Waals surface area contributed by atoms with Crippen LogP contribution in [0, 0.1) is 48.7 Å². The lowest BCUT2D eigenvalue weighted by Gasteiger charge is -2.33. The fourth-order valence-corrected chi connectivity index (χ4v) is 16.4. The van der Waals surface area contributed by atoms with Crippen molar-refractivity contribution in [2.75, 3.05) is 0 Å². The molecule has 0 saturated heterocycles. The van der Waals surface area contributed by atoms with Crippen LogP contribution in [-0.2, 0) is 0 Å². The van der Waals surface area contributed by atoms with Gasteiger partial charge in [-0.05, 0) is 279 Å². The summed E-state index contributed by atoms with van der Waals surface area (Å²) < 4.78 is 2.55. The Labute approximate surface area is 460 Å². The van der Waals surface area contributed by atoms with E-state index in [9.17, 15) is 0 Å². The van der Waals surface area contributed by atoms with Gasteiger partial charge in [-0.25, -0.2) is 0 Å². The highest BCUT2D eigenvalue weighted by atomic mass is 127. The van der Waals surface area contributed by atoms with E-state index < -0.39 is 0 Å². The first kappa shape index (κ1) is 43.6. The van der Waals surface area contributed by atoms with Gasteiger partial charge in [0.15, 0.2) is 0 Å². The second kappa shape index (κ2) is 15.4. The zero-order valence-corrected chi connectivity index (χ0v) is 46.4. The quantitative estimate of drug-likeness (QED) is 0.0936. The summed E-state index contributed by atoms with van der Waals surface area (Å²) in [7, 11) is 0. The Hall–Kier alpha value is -6.73. The maximum atomic E-state index is 2.70. The Morgan fingerprint density at radius 2 is 0.649 bits per heavy atom. The Morgan fingerprint density at radius 3 is 1.03 bits per heavy atom. The lowest BCUT2D eigenvalue weighted by Crippen LogP contribution is -2.53. The zero-order valence-electron chi connectivity index (χ0n) is 42.1. The predicted octanol–water partition coefficient (Wildman–Crippen LogP) is 15.3. The number of hydrogen-bond donors (Lipinski definition) is 0. The SMILES string of the molecule is Cc1cc(C)c(-c2cc3c4c(cc5c(-c6c(C)cc(C)cc6C)cc6c7c(cc2c4c57)B2c4ccc(-c5ccccc5)cc4-c4cc(I)cc-6c42)B2c4ccc(-c5ccccc5)cc4-c4cc(I)cc-3c42)c(C)c1. The average molecular weight is 1160 g/mol. The second-order valence-electron chi connectivity index (χ2n) is 22.0. The number of rotatable bonds is 4. The minimum absolute atomic E-state index is 0.0927. The van der Waals surface area contributed by atoms with E-state index >= 15 is 0 Å². The topological polar surface area (TPSA) is 0 Å². The lowest BCUT2D eigenvalue weighted by molar-refractivity contribution is 1.32. The summed E-state index contributed by atoms with van der Waals surface area (Å²) in [6.45, 7) is 14.1. The molecule has 0 radical (unpaired) electrons. The Morgan fingerprint density at radius 1 is 0.284 bits per heavy atom. The number of fused-ring (bicyclic) bond motifs is 10. The summed E-state index contributed by atoms with van der Waals surface area (Å²) in [6.07, 6.45) is 0. The predicted molar refractivity (Wildman–Crippen MR) is 337 cm³/mol. The van der Waals surface area contributed by atoms with E-state index in [1.54, 1.807) is 0 Å². The minimum Gasteiger partial charge on any atom is -0.0657 e. The van der Waals surface area contributed by atoms with Gasteiger partial charge in [-0.1, -0.05) is 165 Å². The van der Waals surface area contributed by atoms with Gasteiger partial charge in [0.25, 0.3) is 0 Å². The zero-order chi connectivity index (χ0) is 49.7. The molecule has 12 aromatic carbocycles. The van der Waals surface area contributed by atoms with Crippen LogP contribution in [0.5, 0.6) is 0 Å². The van der Waals surface area contributed by atoms with Gasteiger partial charge in [-0.15, -0.1) is 0 Å². The number of aryl methyl sites for hydroxylation is 6. The Balaban J connectivity index is 1.11. The molecule has 12 aromatic rings. The molecule has 0 N–H and O–H groups in total. The third kappa shape index (κ3) is 5.82. The van der Waals surface area contributed by atoms with Crippen LogP contribution in [0.2, 0.25) is 0 Å². The maximum absolute atomic E-state index is 2.70. The van der Waals surface area contributed by atoms with Crippen LogP contribution in [0.3, 0.4) is 0 Å². The van der Waals surface area contributed by atoms with Crippen molar-refractivity contribution in [1.82, 2.24) is 0 Å². The first-order valence-electron chi connectivity index (χ1n) is 26.1. The number of hydrogen-bond acceptors (Lipinski definition) is 0. The van der Waals surface area contributed by atoms with Crippen LogP contribution in [0.1, 0.15) is 33.4 Å². The van der Waals surface area contributed by atoms with Crippen molar-refractivity contribution in [2.24, 2.45) is 0 Å². The molecule has 0 amide bonds. The standard InChI is InChI=1S/C70H46B2I2/c1-35-21-37(3)63(38(4)22-35)49-31-51-57-29-45(73)27-55-47-25-44(42-15-11-8-12-16-42)18-20-60(47)72(69(55)57)62-34-54-50(64-39(5)23-36(2)24-40(64)6)32-52-58-30-46(74)28-56-48-26-43(41-13-9-7-10-14-41)17-19-59(48)71(70(56)58)61-33-53(49)67(65(51)62)68(54)66(52)61/h7-34H,1-6H3. The van der Waals surface area contributed by atoms with Crippen LogP contribution in [0.25, 0.3) is 121 Å². The van der Waals surface area contributed by atoms with Gasteiger partial charge in [-0.2, -0.15) is 0 Å². The molecule has 0 bridgehead atoms. The summed E-state index contributed by atoms with van der Waals surface area (Å²) in [6, 6.07) is 66.8. The molecule has 0 atom stereocenters. The van der Waals surface area contributed by atoms with Gasteiger partial charge in [0.1, 0.15) is 0 Å². The van der Waals surface area contributed by atoms with Crippen LogP contribution in [0.4, 0.5) is 0 Å². The molecule has 4 aliphatic heterocycles. The van der Waals surface area contributed by atoms with Gasteiger partial charge in [0, 0.05) is 7.14 Å². The van der Waals surface area contributed by atoms with E-state index in [0.29, 0.717) is 0 Å². The monoisotopic (exact) mass is 1160 g/mol. The summed E-state index contributed by atoms with van der Waals surface area (Å²) in [5.74, 6) is 0. The number of halogens is 2. The van der Waals surface area contributed by atoms with E-state index in [4.69, 9.17) is 0 Å². The molecular weight excluding hydrogens is 1120 g/mol. The molecule has 0 aliphatic carbocycles. The van der Waals surface area contributed by atoms with Gasteiger partial charge < -0.3 is 0 Å². The third-order valence-electron chi connectivity index (χ3n) is 17.6. The van der Waals surface area contributed by atoms with Gasteiger partial charge in [0.05, 0.1) is 0 Å². The van der Waals surface area contributed by atoms with Crippen molar-refractivity contribution in [1.29, 1.82) is 0 Å². The normalized spacial score (nSPS) is 13.1. The highest BCUT2D eigenvalue weighted by Gasteiger charge is 2.45. The molecule has 0 spiro atoms. The van der Waals surface area contributed by atoms with Crippen LogP contribution in [-0.4, -0.2) is 13.4 Å². The second-order valence-corrected chi connectivity index (χ2v) is 24.5. The molecule has 4 aliphatic rings. The fourth-order valence-electron chi connectivity index (χ4n) is 15.2. The smallest absolute Gasteiger partial charge is 0.0657 e. The molecule has 0 nitrogen and oxygen atoms in total. The maximum Gasteiger partial charge on any atom is 0.244 e. The molecule has 74 heavy (non-hydrogen) atoms. The molecule has 0 fully saturated rings. The van der Waals surface area contributed by atoms with Crippen molar-refractivity contribution in [3.8, 4) is 89.0 Å². The van der Waals surface area contributed by atoms with E-state index in [0.717, 1.165) is 0 Å². The molecule has 16 rings (SSSR count). The van der Waals surface area contributed by atoms with Crippen molar-refractivity contribution in [2.45, 2.75) is 41.5 Å². The molecule has 0 saturated carbocycles. The fraction of sp³-hybridized carbons (Fsp3) is 0.0857. The van der Waals surface area contributed by atoms with Crippen LogP contribution >= 0.6 is 45.2 Å². The van der Waals surface area contributed by atoms with E-state index in [2.05, 4.69) is 257 Å². The molecule has 4 heterocycles. The number of benzene rings is 12. The Bertz CT molecular complexity index is 4230. The van der Waals surface area contributed by atoms with E-state index in [-0.39, 0.29) is 13.4 Å². The summed E-state index contributed by atoms with van der Waals surface area (Å²) in [5, 5.41) is 8.41. The van der Waals surface area contributed by atoms with Gasteiger partial charge in [-0.3, -0.25) is 0 Å². The largest absolute Gasteiger partial charge is 0.244 e. The van der Waals surface area contributed by atoms with E-state index in [1.807, 2.05) is 0 Å². The van der Waals surface area contributed by atoms with Crippen molar-refractivity contribution in [3.63, 3.8) is 0 Å². The molecule has 4 heteroatoms. The molecular formula is C70H46B2I2. The van der Waals surface area contributed by atoms with Gasteiger partial charge >= 0.3 is 0 Å². The minimum atomic E-state index is 0.0927. The molecule has 0 aromatic heterocycles. The van der Waals surface area contributed by atoms with Crippen molar-refractivity contribution >= 4 is 124 Å². The molecule has 0 unspecified atom stereocenters. The first-order chi connectivity index (χ1) is 36.0. The van der Waals surface area contributed by atoms with Gasteiger partial charge in [0.2, 0.25) is 13.4 Å². The van der Waals surface area contributed by atoms with E-state index in [1.165, 1.54) is 195 Å². The summed E-state index contributed by atoms with van der Waals surface area (Å²) in [4.78, 5) is 0. The summed E-state index contributed by atoms with van der Waals surface area (Å²) in [5.41, 5.74) is 37.9. The summed E-state index contributed by atoms with van der Waals surface area (Å²) >= 11 is 5.20. The van der Waals surface area contributed by atoms with Crippen LogP contribution in [0.15, 0.2) is 170 Å². The van der Waals surface area contributed by atoms with Crippen LogP contribution < -0.4 is 32.8 Å². The third-order valence-corrected chi connectivity index (χ3v) is 18.9.